The van der Waals surface area contributed by atoms with E-state index in [1.54, 1.807) is 6.92 Å². The van der Waals surface area contributed by atoms with E-state index >= 15 is 0 Å². The number of ether oxygens (including phenoxy) is 1. The molecular weight excluding hydrogens is 214 g/mol. The van der Waals surface area contributed by atoms with E-state index in [9.17, 15) is 4.79 Å². The monoisotopic (exact) mass is 235 g/mol. The zero-order valence-electron chi connectivity index (χ0n) is 10.9. The Morgan fingerprint density at radius 2 is 1.94 bits per heavy atom. The van der Waals surface area contributed by atoms with Crippen LogP contribution in [0.15, 0.2) is 24.3 Å². The van der Waals surface area contributed by atoms with Gasteiger partial charge in [0, 0.05) is 25.7 Å². The lowest BCUT2D eigenvalue weighted by Gasteiger charge is -2.19. The number of carbonyl (C=O) groups is 1. The molecule has 0 aliphatic carbocycles. The minimum Gasteiger partial charge on any atom is -0.494 e. The van der Waals surface area contributed by atoms with E-state index in [2.05, 4.69) is 4.90 Å². The van der Waals surface area contributed by atoms with E-state index in [0.717, 1.165) is 24.4 Å². The van der Waals surface area contributed by atoms with Gasteiger partial charge in [-0.1, -0.05) is 0 Å². The molecule has 0 heterocycles. The van der Waals surface area contributed by atoms with Crippen molar-refractivity contribution < 1.29 is 9.53 Å². The van der Waals surface area contributed by atoms with E-state index in [4.69, 9.17) is 4.74 Å². The molecule has 3 heteroatoms. The fraction of sp³-hybridized carbons (Fsp3) is 0.500. The predicted octanol–water partition coefficient (Wildman–Crippen LogP) is 2.89. The second-order valence-corrected chi connectivity index (χ2v) is 4.15. The van der Waals surface area contributed by atoms with Crippen molar-refractivity contribution in [2.24, 2.45) is 0 Å². The van der Waals surface area contributed by atoms with Gasteiger partial charge in [-0.15, -0.1) is 0 Å². The average Bonchev–Trinajstić information content (AvgIpc) is 2.30. The van der Waals surface area contributed by atoms with E-state index in [1.165, 1.54) is 0 Å². The highest BCUT2D eigenvalue weighted by atomic mass is 16.5. The number of Topliss-reactive ketones (excluding diaryl/α,β-unsaturated/α-hetero) is 1. The zero-order chi connectivity index (χ0) is 12.7. The maximum Gasteiger partial charge on any atom is 0.129 e. The number of carbonyl (C=O) groups excluding carboxylic acids is 1. The Hall–Kier alpha value is -1.51. The van der Waals surface area contributed by atoms with Gasteiger partial charge in [0.15, 0.2) is 0 Å². The summed E-state index contributed by atoms with van der Waals surface area (Å²) in [4.78, 5) is 13.0. The van der Waals surface area contributed by atoms with E-state index in [-0.39, 0.29) is 5.78 Å². The number of anilines is 1. The fourth-order valence-corrected chi connectivity index (χ4v) is 1.66. The highest BCUT2D eigenvalue weighted by molar-refractivity contribution is 5.75. The van der Waals surface area contributed by atoms with Crippen molar-refractivity contribution in [3.8, 4) is 5.75 Å². The third-order valence-corrected chi connectivity index (χ3v) is 2.61. The second-order valence-electron chi connectivity index (χ2n) is 4.15. The standard InChI is InChI=1S/C14H21NO2/c1-4-17-14-9-7-13(8-10-14)15(3)11-5-6-12(2)16/h7-10H,4-6,11H2,1-3H3. The number of ketones is 1. The van der Waals surface area contributed by atoms with Gasteiger partial charge in [0.1, 0.15) is 11.5 Å². The molecule has 0 atom stereocenters. The molecule has 0 radical (unpaired) electrons. The van der Waals surface area contributed by atoms with Crippen LogP contribution in [0.1, 0.15) is 26.7 Å². The summed E-state index contributed by atoms with van der Waals surface area (Å²) < 4.78 is 5.39. The topological polar surface area (TPSA) is 29.5 Å². The third-order valence-electron chi connectivity index (χ3n) is 2.61. The smallest absolute Gasteiger partial charge is 0.129 e. The molecule has 0 saturated heterocycles. The summed E-state index contributed by atoms with van der Waals surface area (Å²) in [6.07, 6.45) is 1.56. The van der Waals surface area contributed by atoms with Crippen molar-refractivity contribution in [2.75, 3.05) is 25.1 Å². The zero-order valence-corrected chi connectivity index (χ0v) is 10.9. The molecule has 1 rings (SSSR count). The fourth-order valence-electron chi connectivity index (χ4n) is 1.66. The van der Waals surface area contributed by atoms with Crippen LogP contribution < -0.4 is 9.64 Å². The molecule has 1 aromatic rings. The average molecular weight is 235 g/mol. The number of nitrogens with zero attached hydrogens (tertiary/aromatic N) is 1. The highest BCUT2D eigenvalue weighted by Gasteiger charge is 2.02. The van der Waals surface area contributed by atoms with Crippen molar-refractivity contribution in [1.82, 2.24) is 0 Å². The van der Waals surface area contributed by atoms with E-state index < -0.39 is 0 Å². The lowest BCUT2D eigenvalue weighted by Crippen LogP contribution is -2.18. The van der Waals surface area contributed by atoms with Crippen molar-refractivity contribution >= 4 is 11.5 Å². The summed E-state index contributed by atoms with van der Waals surface area (Å²) in [6.45, 7) is 5.19. The SMILES string of the molecule is CCOc1ccc(N(C)CCCC(C)=O)cc1. The van der Waals surface area contributed by atoms with E-state index in [0.29, 0.717) is 13.0 Å². The molecule has 17 heavy (non-hydrogen) atoms. The minimum atomic E-state index is 0.255. The largest absolute Gasteiger partial charge is 0.494 e. The summed E-state index contributed by atoms with van der Waals surface area (Å²) in [6, 6.07) is 8.03. The molecule has 0 spiro atoms. The molecule has 0 N–H and O–H groups in total. The molecule has 0 bridgehead atoms. The molecule has 0 fully saturated rings. The van der Waals surface area contributed by atoms with Gasteiger partial charge in [0.2, 0.25) is 0 Å². The lowest BCUT2D eigenvalue weighted by atomic mass is 10.2. The van der Waals surface area contributed by atoms with Crippen LogP contribution in [0.5, 0.6) is 5.75 Å². The van der Waals surface area contributed by atoms with Crippen LogP contribution in [0.3, 0.4) is 0 Å². The van der Waals surface area contributed by atoms with Crippen LogP contribution in [-0.4, -0.2) is 26.0 Å². The first-order chi connectivity index (χ1) is 8.13. The van der Waals surface area contributed by atoms with Crippen LogP contribution in [-0.2, 0) is 4.79 Å². The number of benzene rings is 1. The predicted molar refractivity (Wildman–Crippen MR) is 70.8 cm³/mol. The summed E-state index contributed by atoms with van der Waals surface area (Å²) in [5.74, 6) is 1.15. The third kappa shape index (κ3) is 4.89. The lowest BCUT2D eigenvalue weighted by molar-refractivity contribution is -0.117. The Kier molecular flexibility index (Phi) is 5.53. The molecule has 94 valence electrons. The second kappa shape index (κ2) is 6.94. The van der Waals surface area contributed by atoms with Gasteiger partial charge in [-0.2, -0.15) is 0 Å². The number of rotatable bonds is 7. The number of hydrogen-bond donors (Lipinski definition) is 0. The maximum atomic E-state index is 10.8. The quantitative estimate of drug-likeness (QED) is 0.727. The van der Waals surface area contributed by atoms with Crippen molar-refractivity contribution in [1.29, 1.82) is 0 Å². The Bertz CT molecular complexity index is 346. The van der Waals surface area contributed by atoms with Gasteiger partial charge < -0.3 is 14.4 Å². The molecule has 0 aliphatic heterocycles. The molecule has 0 aromatic heterocycles. The van der Waals surface area contributed by atoms with Gasteiger partial charge >= 0.3 is 0 Å². The summed E-state index contributed by atoms with van der Waals surface area (Å²) in [5, 5.41) is 0. The van der Waals surface area contributed by atoms with Gasteiger partial charge in [-0.25, -0.2) is 0 Å². The minimum absolute atomic E-state index is 0.255. The first-order valence-electron chi connectivity index (χ1n) is 6.07. The molecule has 0 saturated carbocycles. The summed E-state index contributed by atoms with van der Waals surface area (Å²) in [5.41, 5.74) is 1.15. The molecule has 0 unspecified atom stereocenters. The Balaban J connectivity index is 2.45. The van der Waals surface area contributed by atoms with Crippen LogP contribution in [0.2, 0.25) is 0 Å². The van der Waals surface area contributed by atoms with Gasteiger partial charge in [0.25, 0.3) is 0 Å². The van der Waals surface area contributed by atoms with E-state index in [1.807, 2.05) is 38.2 Å². The van der Waals surface area contributed by atoms with Gasteiger partial charge in [-0.05, 0) is 44.5 Å². The van der Waals surface area contributed by atoms with Crippen molar-refractivity contribution in [3.05, 3.63) is 24.3 Å². The molecule has 3 nitrogen and oxygen atoms in total. The van der Waals surface area contributed by atoms with Crippen molar-refractivity contribution in [2.45, 2.75) is 26.7 Å². The number of hydrogen-bond acceptors (Lipinski definition) is 3. The first kappa shape index (κ1) is 13.6. The Morgan fingerprint density at radius 1 is 1.29 bits per heavy atom. The first-order valence-corrected chi connectivity index (χ1v) is 6.07. The van der Waals surface area contributed by atoms with Crippen LogP contribution in [0, 0.1) is 0 Å². The highest BCUT2D eigenvalue weighted by Crippen LogP contribution is 2.18. The Morgan fingerprint density at radius 3 is 2.47 bits per heavy atom. The maximum absolute atomic E-state index is 10.8. The summed E-state index contributed by atoms with van der Waals surface area (Å²) in [7, 11) is 2.04. The van der Waals surface area contributed by atoms with Crippen LogP contribution >= 0.6 is 0 Å². The van der Waals surface area contributed by atoms with Gasteiger partial charge in [0.05, 0.1) is 6.61 Å². The molecule has 0 aliphatic rings. The summed E-state index contributed by atoms with van der Waals surface area (Å²) >= 11 is 0. The van der Waals surface area contributed by atoms with Crippen LogP contribution in [0.25, 0.3) is 0 Å². The normalized spacial score (nSPS) is 10.1. The Labute approximate surface area is 103 Å². The molecule has 1 aromatic carbocycles. The van der Waals surface area contributed by atoms with Crippen molar-refractivity contribution in [3.63, 3.8) is 0 Å². The molecule has 0 amide bonds. The molecular formula is C14H21NO2. The van der Waals surface area contributed by atoms with Gasteiger partial charge in [-0.3, -0.25) is 0 Å². The van der Waals surface area contributed by atoms with Crippen LogP contribution in [0.4, 0.5) is 5.69 Å².